The summed E-state index contributed by atoms with van der Waals surface area (Å²) in [5, 5.41) is 6.33. The minimum Gasteiger partial charge on any atom is -0.457 e. The summed E-state index contributed by atoms with van der Waals surface area (Å²) >= 11 is 8.79. The minimum atomic E-state index is -3.86. The fourth-order valence-corrected chi connectivity index (χ4v) is 5.00. The lowest BCUT2D eigenvalue weighted by molar-refractivity contribution is 0.483. The van der Waals surface area contributed by atoms with E-state index >= 15 is 0 Å². The molecule has 4 aromatic carbocycles. The lowest BCUT2D eigenvalue weighted by Gasteiger charge is -2.16. The summed E-state index contributed by atoms with van der Waals surface area (Å²) in [6.07, 6.45) is 0. The van der Waals surface area contributed by atoms with Crippen LogP contribution in [0.2, 0.25) is 0 Å². The van der Waals surface area contributed by atoms with Crippen molar-refractivity contribution in [2.45, 2.75) is 11.8 Å². The van der Waals surface area contributed by atoms with Crippen LogP contribution in [0.4, 0.5) is 17.1 Å². The van der Waals surface area contributed by atoms with Gasteiger partial charge in [-0.15, -0.1) is 0 Å². The van der Waals surface area contributed by atoms with E-state index < -0.39 is 10.0 Å². The first-order chi connectivity index (χ1) is 16.8. The van der Waals surface area contributed by atoms with Crippen molar-refractivity contribution in [2.75, 3.05) is 15.4 Å². The molecule has 4 aromatic rings. The van der Waals surface area contributed by atoms with Crippen LogP contribution in [0.5, 0.6) is 11.5 Å². The highest BCUT2D eigenvalue weighted by Gasteiger charge is 2.20. The van der Waals surface area contributed by atoms with E-state index in [4.69, 9.17) is 17.0 Å². The van der Waals surface area contributed by atoms with E-state index in [1.54, 1.807) is 36.4 Å². The average molecular weight is 569 g/mol. The van der Waals surface area contributed by atoms with Gasteiger partial charge in [-0.1, -0.05) is 40.2 Å². The molecule has 0 fully saturated rings. The largest absolute Gasteiger partial charge is 0.457 e. The van der Waals surface area contributed by atoms with Crippen molar-refractivity contribution < 1.29 is 13.2 Å². The second kappa shape index (κ2) is 10.9. The fourth-order valence-electron chi connectivity index (χ4n) is 3.20. The van der Waals surface area contributed by atoms with Crippen molar-refractivity contribution in [1.82, 2.24) is 0 Å². The predicted octanol–water partition coefficient (Wildman–Crippen LogP) is 7.16. The number of nitrogens with one attached hydrogen (secondary N) is 3. The molecule has 3 N–H and O–H groups in total. The number of halogens is 1. The first-order valence-corrected chi connectivity index (χ1v) is 13.3. The molecule has 4 rings (SSSR count). The third kappa shape index (κ3) is 6.82. The summed E-state index contributed by atoms with van der Waals surface area (Å²) in [5.41, 5.74) is 2.35. The van der Waals surface area contributed by atoms with Gasteiger partial charge in [-0.3, -0.25) is 4.72 Å². The summed E-state index contributed by atoms with van der Waals surface area (Å²) in [4.78, 5) is 0.0937. The number of hydrogen-bond acceptors (Lipinski definition) is 4. The Morgan fingerprint density at radius 3 is 2.11 bits per heavy atom. The molecule has 0 aliphatic rings. The van der Waals surface area contributed by atoms with Crippen molar-refractivity contribution >= 4 is 60.3 Å². The van der Waals surface area contributed by atoms with Crippen LogP contribution in [0, 0.1) is 6.92 Å². The molecule has 0 spiro atoms. The summed E-state index contributed by atoms with van der Waals surface area (Å²) in [6.45, 7) is 1.83. The highest BCUT2D eigenvalue weighted by atomic mass is 79.9. The van der Waals surface area contributed by atoms with Gasteiger partial charge in [0.2, 0.25) is 0 Å². The zero-order valence-corrected chi connectivity index (χ0v) is 21.9. The molecule has 6 nitrogen and oxygen atoms in total. The molecule has 0 heterocycles. The van der Waals surface area contributed by atoms with Crippen LogP contribution in [0.25, 0.3) is 0 Å². The van der Waals surface area contributed by atoms with Crippen LogP contribution in [-0.4, -0.2) is 13.5 Å². The Kier molecular flexibility index (Phi) is 7.70. The van der Waals surface area contributed by atoms with Crippen LogP contribution in [0.1, 0.15) is 5.56 Å². The molecule has 0 aliphatic heterocycles. The van der Waals surface area contributed by atoms with Crippen LogP contribution in [0.15, 0.2) is 106 Å². The maximum atomic E-state index is 13.1. The molecular weight excluding hydrogens is 546 g/mol. The summed E-state index contributed by atoms with van der Waals surface area (Å²) in [6, 6.07) is 28.8. The number of aryl methyl sites for hydroxylation is 1. The zero-order chi connectivity index (χ0) is 24.8. The van der Waals surface area contributed by atoms with Gasteiger partial charge >= 0.3 is 0 Å². The average Bonchev–Trinajstić information content (AvgIpc) is 2.83. The molecule has 9 heteroatoms. The second-order valence-electron chi connectivity index (χ2n) is 7.63. The van der Waals surface area contributed by atoms with Crippen LogP contribution < -0.4 is 20.1 Å². The molecule has 0 atom stereocenters. The number of thiocarbonyl (C=S) groups is 1. The van der Waals surface area contributed by atoms with Gasteiger partial charge in [-0.05, 0) is 97.5 Å². The normalized spacial score (nSPS) is 10.9. The van der Waals surface area contributed by atoms with E-state index in [1.165, 1.54) is 0 Å². The standard InChI is InChI=1S/C26H22BrN3O3S2/c1-18-7-16-24(25(17-18)35(31,32)30-21-10-8-19(27)9-11-21)29-26(34)28-20-12-14-23(15-13-20)33-22-5-3-2-4-6-22/h2-17,30H,1H3,(H2,28,29,34). The van der Waals surface area contributed by atoms with Gasteiger partial charge in [0.15, 0.2) is 5.11 Å². The molecule has 0 unspecified atom stereocenters. The van der Waals surface area contributed by atoms with Crippen molar-refractivity contribution in [2.24, 2.45) is 0 Å². The number of sulfonamides is 1. The van der Waals surface area contributed by atoms with Crippen LogP contribution in [-0.2, 0) is 10.0 Å². The highest BCUT2D eigenvalue weighted by molar-refractivity contribution is 9.10. The van der Waals surface area contributed by atoms with E-state index in [1.807, 2.05) is 67.6 Å². The number of hydrogen-bond donors (Lipinski definition) is 3. The summed E-state index contributed by atoms with van der Waals surface area (Å²) in [7, 11) is -3.86. The van der Waals surface area contributed by atoms with Crippen LogP contribution >= 0.6 is 28.1 Å². The molecule has 0 aromatic heterocycles. The lowest BCUT2D eigenvalue weighted by Crippen LogP contribution is -2.22. The topological polar surface area (TPSA) is 79.5 Å². The Balaban J connectivity index is 1.46. The van der Waals surface area contributed by atoms with Crippen LogP contribution in [0.3, 0.4) is 0 Å². The molecule has 0 radical (unpaired) electrons. The molecule has 0 amide bonds. The maximum Gasteiger partial charge on any atom is 0.263 e. The molecule has 0 aliphatic carbocycles. The SMILES string of the molecule is Cc1ccc(NC(=S)Nc2ccc(Oc3ccccc3)cc2)c(S(=O)(=O)Nc2ccc(Br)cc2)c1. The van der Waals surface area contributed by atoms with E-state index in [9.17, 15) is 8.42 Å². The smallest absolute Gasteiger partial charge is 0.263 e. The van der Waals surface area contributed by atoms with E-state index in [-0.39, 0.29) is 10.0 Å². The van der Waals surface area contributed by atoms with E-state index in [0.717, 1.165) is 21.5 Å². The Labute approximate surface area is 218 Å². The van der Waals surface area contributed by atoms with Gasteiger partial charge in [0.05, 0.1) is 5.69 Å². The van der Waals surface area contributed by atoms with Gasteiger partial charge in [-0.25, -0.2) is 8.42 Å². The van der Waals surface area contributed by atoms with Gasteiger partial charge < -0.3 is 15.4 Å². The number of anilines is 3. The Bertz CT molecular complexity index is 1430. The Hall–Kier alpha value is -3.40. The zero-order valence-electron chi connectivity index (χ0n) is 18.7. The van der Waals surface area contributed by atoms with Gasteiger partial charge in [-0.2, -0.15) is 0 Å². The Morgan fingerprint density at radius 2 is 1.43 bits per heavy atom. The van der Waals surface area contributed by atoms with E-state index in [2.05, 4.69) is 31.3 Å². The molecule has 178 valence electrons. The van der Waals surface area contributed by atoms with E-state index in [0.29, 0.717) is 17.1 Å². The first kappa shape index (κ1) is 24.7. The molecular formula is C26H22BrN3O3S2. The van der Waals surface area contributed by atoms with Gasteiger partial charge in [0.25, 0.3) is 10.0 Å². The van der Waals surface area contributed by atoms with Crippen molar-refractivity contribution in [3.63, 3.8) is 0 Å². The van der Waals surface area contributed by atoms with Crippen molar-refractivity contribution in [3.8, 4) is 11.5 Å². The Morgan fingerprint density at radius 1 is 0.800 bits per heavy atom. The minimum absolute atomic E-state index is 0.0937. The fraction of sp³-hybridized carbons (Fsp3) is 0.0385. The van der Waals surface area contributed by atoms with Crippen molar-refractivity contribution in [3.05, 3.63) is 107 Å². The molecule has 0 saturated heterocycles. The summed E-state index contributed by atoms with van der Waals surface area (Å²) in [5.74, 6) is 1.43. The second-order valence-corrected chi connectivity index (χ2v) is 10.6. The summed E-state index contributed by atoms with van der Waals surface area (Å²) < 4.78 is 35.6. The highest BCUT2D eigenvalue weighted by Crippen LogP contribution is 2.27. The third-order valence-corrected chi connectivity index (χ3v) is 7.02. The number of rotatable bonds is 7. The molecule has 0 bridgehead atoms. The number of para-hydroxylation sites is 1. The molecule has 35 heavy (non-hydrogen) atoms. The lowest BCUT2D eigenvalue weighted by atomic mass is 10.2. The maximum absolute atomic E-state index is 13.1. The van der Waals surface area contributed by atoms with Gasteiger partial charge in [0.1, 0.15) is 16.4 Å². The monoisotopic (exact) mass is 567 g/mol. The molecule has 0 saturated carbocycles. The third-order valence-electron chi connectivity index (χ3n) is 4.86. The quantitative estimate of drug-likeness (QED) is 0.205. The van der Waals surface area contributed by atoms with Gasteiger partial charge in [0, 0.05) is 15.8 Å². The van der Waals surface area contributed by atoms with Crippen molar-refractivity contribution in [1.29, 1.82) is 0 Å². The number of benzene rings is 4. The first-order valence-electron chi connectivity index (χ1n) is 10.6. The number of ether oxygens (including phenoxy) is 1. The predicted molar refractivity (Wildman–Crippen MR) is 149 cm³/mol.